The SMILES string of the molecule is CN(C(=O)Cn1nc(-c2cccc(C#N)c2)c2cc[nH]c2c1=O)c1ccc2c(c1)OC(F)(F)O2. The number of aromatic nitrogens is 3. The number of rotatable bonds is 4. The third-order valence-corrected chi connectivity index (χ3v) is 5.37. The summed E-state index contributed by atoms with van der Waals surface area (Å²) in [6.07, 6.45) is -2.18. The number of amides is 1. The number of nitrogens with zero attached hydrogens (tertiary/aromatic N) is 4. The summed E-state index contributed by atoms with van der Waals surface area (Å²) < 4.78 is 36.4. The second kappa shape index (κ2) is 7.70. The summed E-state index contributed by atoms with van der Waals surface area (Å²) in [5.74, 6) is -0.873. The first-order valence-electron chi connectivity index (χ1n) is 10.0. The first kappa shape index (κ1) is 21.1. The van der Waals surface area contributed by atoms with Gasteiger partial charge in [0.2, 0.25) is 5.91 Å². The maximum absolute atomic E-state index is 13.3. The molecule has 0 fully saturated rings. The number of likely N-dealkylation sites (N-methyl/N-ethyl adjacent to an activating group) is 1. The van der Waals surface area contributed by atoms with Crippen LogP contribution in [0.1, 0.15) is 5.56 Å². The molecule has 0 saturated carbocycles. The molecule has 0 bridgehead atoms. The van der Waals surface area contributed by atoms with Gasteiger partial charge in [-0.05, 0) is 30.3 Å². The van der Waals surface area contributed by atoms with E-state index in [1.165, 1.54) is 30.1 Å². The molecule has 34 heavy (non-hydrogen) atoms. The van der Waals surface area contributed by atoms with E-state index in [1.807, 2.05) is 0 Å². The van der Waals surface area contributed by atoms with Crippen LogP contribution < -0.4 is 19.9 Å². The fraction of sp³-hybridized carbons (Fsp3) is 0.130. The Labute approximate surface area is 190 Å². The molecule has 1 aliphatic rings. The fourth-order valence-electron chi connectivity index (χ4n) is 3.67. The van der Waals surface area contributed by atoms with Gasteiger partial charge in [-0.3, -0.25) is 9.59 Å². The Kier molecular flexibility index (Phi) is 4.79. The van der Waals surface area contributed by atoms with E-state index in [2.05, 4.69) is 25.6 Å². The summed E-state index contributed by atoms with van der Waals surface area (Å²) in [7, 11) is 1.44. The summed E-state index contributed by atoms with van der Waals surface area (Å²) in [5.41, 5.74) is 1.47. The van der Waals surface area contributed by atoms with E-state index >= 15 is 0 Å². The van der Waals surface area contributed by atoms with Gasteiger partial charge in [0.25, 0.3) is 5.56 Å². The minimum Gasteiger partial charge on any atom is -0.395 e. The summed E-state index contributed by atoms with van der Waals surface area (Å²) in [5, 5.41) is 14.2. The molecule has 2 aromatic heterocycles. The largest absolute Gasteiger partial charge is 0.586 e. The van der Waals surface area contributed by atoms with Gasteiger partial charge >= 0.3 is 6.29 Å². The number of halogens is 2. The van der Waals surface area contributed by atoms with Crippen molar-refractivity contribution < 1.29 is 23.0 Å². The Balaban J connectivity index is 1.48. The van der Waals surface area contributed by atoms with Crippen LogP contribution in [-0.2, 0) is 11.3 Å². The Morgan fingerprint density at radius 3 is 2.79 bits per heavy atom. The zero-order valence-corrected chi connectivity index (χ0v) is 17.6. The third-order valence-electron chi connectivity index (χ3n) is 5.37. The number of fused-ring (bicyclic) bond motifs is 2. The van der Waals surface area contributed by atoms with Gasteiger partial charge in [-0.2, -0.15) is 10.4 Å². The molecular weight excluding hydrogens is 448 g/mol. The molecule has 3 heterocycles. The minimum absolute atomic E-state index is 0.145. The minimum atomic E-state index is -3.77. The molecule has 1 amide bonds. The smallest absolute Gasteiger partial charge is 0.395 e. The summed E-state index contributed by atoms with van der Waals surface area (Å²) in [4.78, 5) is 30.0. The van der Waals surface area contributed by atoms with Crippen LogP contribution in [0.15, 0.2) is 59.5 Å². The van der Waals surface area contributed by atoms with E-state index in [4.69, 9.17) is 0 Å². The predicted molar refractivity (Wildman–Crippen MR) is 117 cm³/mol. The number of nitriles is 1. The molecule has 0 aliphatic carbocycles. The van der Waals surface area contributed by atoms with Gasteiger partial charge in [-0.15, -0.1) is 8.78 Å². The first-order valence-corrected chi connectivity index (χ1v) is 10.0. The standard InChI is InChI=1S/C23H15F2N5O4/c1-29(15-5-6-17-18(10-15)34-23(24,25)33-17)19(31)12-30-22(32)21-16(7-8-27-21)20(28-30)14-4-2-3-13(9-14)11-26/h2-10,27H,12H2,1H3. The summed E-state index contributed by atoms with van der Waals surface area (Å²) in [6.45, 7) is -0.417. The van der Waals surface area contributed by atoms with Gasteiger partial charge in [-0.1, -0.05) is 12.1 Å². The number of anilines is 1. The quantitative estimate of drug-likeness (QED) is 0.497. The molecule has 0 radical (unpaired) electrons. The normalized spacial score (nSPS) is 13.6. The molecule has 1 aliphatic heterocycles. The van der Waals surface area contributed by atoms with Crippen molar-refractivity contribution in [3.63, 3.8) is 0 Å². The van der Waals surface area contributed by atoms with Gasteiger partial charge < -0.3 is 19.4 Å². The molecule has 0 spiro atoms. The van der Waals surface area contributed by atoms with Crippen molar-refractivity contribution in [2.75, 3.05) is 11.9 Å². The average molecular weight is 463 g/mol. The molecule has 4 aromatic rings. The van der Waals surface area contributed by atoms with Gasteiger partial charge in [0.05, 0.1) is 11.6 Å². The van der Waals surface area contributed by atoms with Crippen molar-refractivity contribution in [1.82, 2.24) is 14.8 Å². The number of hydrogen-bond donors (Lipinski definition) is 1. The molecule has 2 aromatic carbocycles. The van der Waals surface area contributed by atoms with Crippen molar-refractivity contribution >= 4 is 22.5 Å². The Bertz CT molecular complexity index is 1550. The highest BCUT2D eigenvalue weighted by atomic mass is 19.3. The number of nitrogens with one attached hydrogen (secondary N) is 1. The van der Waals surface area contributed by atoms with E-state index in [0.717, 1.165) is 4.68 Å². The average Bonchev–Trinajstić information content (AvgIpc) is 3.43. The van der Waals surface area contributed by atoms with Crippen molar-refractivity contribution in [1.29, 1.82) is 5.26 Å². The number of alkyl halides is 2. The molecule has 11 heteroatoms. The molecule has 5 rings (SSSR count). The number of benzene rings is 2. The molecule has 0 atom stereocenters. The molecule has 0 unspecified atom stereocenters. The van der Waals surface area contributed by atoms with Gasteiger partial charge in [-0.25, -0.2) is 4.68 Å². The van der Waals surface area contributed by atoms with Crippen LogP contribution in [0, 0.1) is 11.3 Å². The number of carbonyl (C=O) groups excluding carboxylic acids is 1. The highest BCUT2D eigenvalue weighted by Gasteiger charge is 2.43. The monoisotopic (exact) mass is 463 g/mol. The first-order chi connectivity index (χ1) is 16.3. The molecule has 170 valence electrons. The van der Waals surface area contributed by atoms with Crippen LogP contribution in [0.2, 0.25) is 0 Å². The van der Waals surface area contributed by atoms with Gasteiger partial charge in [0.15, 0.2) is 11.5 Å². The van der Waals surface area contributed by atoms with E-state index in [0.29, 0.717) is 22.2 Å². The lowest BCUT2D eigenvalue weighted by atomic mass is 10.1. The number of hydrogen-bond acceptors (Lipinski definition) is 6. The van der Waals surface area contributed by atoms with Crippen LogP contribution in [0.4, 0.5) is 14.5 Å². The summed E-state index contributed by atoms with van der Waals surface area (Å²) in [6, 6.07) is 14.4. The van der Waals surface area contributed by atoms with Crippen LogP contribution >= 0.6 is 0 Å². The highest BCUT2D eigenvalue weighted by molar-refractivity contribution is 5.94. The van der Waals surface area contributed by atoms with Gasteiger partial charge in [0, 0.05) is 35.9 Å². The predicted octanol–water partition coefficient (Wildman–Crippen LogP) is 3.25. The maximum atomic E-state index is 13.3. The van der Waals surface area contributed by atoms with E-state index in [-0.39, 0.29) is 22.7 Å². The molecule has 1 N–H and O–H groups in total. The second-order valence-corrected chi connectivity index (χ2v) is 7.52. The zero-order chi connectivity index (χ0) is 24.0. The zero-order valence-electron chi connectivity index (χ0n) is 17.6. The van der Waals surface area contributed by atoms with Crippen molar-refractivity contribution in [3.05, 3.63) is 70.6 Å². The lowest BCUT2D eigenvalue weighted by Crippen LogP contribution is -2.35. The van der Waals surface area contributed by atoms with E-state index in [1.54, 1.807) is 36.5 Å². The van der Waals surface area contributed by atoms with Crippen LogP contribution in [0.3, 0.4) is 0 Å². The van der Waals surface area contributed by atoms with Crippen LogP contribution in [0.5, 0.6) is 11.5 Å². The van der Waals surface area contributed by atoms with Gasteiger partial charge in [0.1, 0.15) is 17.8 Å². The number of ether oxygens (including phenoxy) is 2. The maximum Gasteiger partial charge on any atom is 0.586 e. The van der Waals surface area contributed by atoms with E-state index < -0.39 is 24.3 Å². The highest BCUT2D eigenvalue weighted by Crippen LogP contribution is 2.42. The Hall–Kier alpha value is -4.72. The molecule has 0 saturated heterocycles. The lowest BCUT2D eigenvalue weighted by molar-refractivity contribution is -0.286. The number of H-pyrrole nitrogens is 1. The Morgan fingerprint density at radius 1 is 1.21 bits per heavy atom. The summed E-state index contributed by atoms with van der Waals surface area (Å²) >= 11 is 0. The number of carbonyl (C=O) groups is 1. The fourth-order valence-corrected chi connectivity index (χ4v) is 3.67. The second-order valence-electron chi connectivity index (χ2n) is 7.52. The lowest BCUT2D eigenvalue weighted by Gasteiger charge is -2.18. The van der Waals surface area contributed by atoms with Crippen molar-refractivity contribution in [3.8, 4) is 28.8 Å². The van der Waals surface area contributed by atoms with Crippen molar-refractivity contribution in [2.45, 2.75) is 12.8 Å². The Morgan fingerprint density at radius 2 is 2.00 bits per heavy atom. The topological polar surface area (TPSA) is 113 Å². The van der Waals surface area contributed by atoms with Crippen molar-refractivity contribution in [2.24, 2.45) is 0 Å². The van der Waals surface area contributed by atoms with Crippen LogP contribution in [-0.4, -0.2) is 34.0 Å². The molecule has 9 nitrogen and oxygen atoms in total. The third kappa shape index (κ3) is 3.61. The molecular formula is C23H15F2N5O4. The van der Waals surface area contributed by atoms with Crippen LogP contribution in [0.25, 0.3) is 22.2 Å². The number of aromatic amines is 1. The van der Waals surface area contributed by atoms with E-state index in [9.17, 15) is 23.6 Å².